The van der Waals surface area contributed by atoms with Crippen LogP contribution >= 0.6 is 0 Å². The topological polar surface area (TPSA) is 124 Å². The molecule has 1 aliphatic rings. The quantitative estimate of drug-likeness (QED) is 0.312. The van der Waals surface area contributed by atoms with Crippen molar-refractivity contribution in [1.29, 1.82) is 5.26 Å². The number of imidazole rings is 1. The van der Waals surface area contributed by atoms with Gasteiger partial charge in [0.2, 0.25) is 0 Å². The van der Waals surface area contributed by atoms with Gasteiger partial charge < -0.3 is 14.3 Å². The molecule has 3 aromatic rings. The number of nitrogens with zero attached hydrogens (tertiary/aromatic N) is 5. The van der Waals surface area contributed by atoms with Crippen LogP contribution in [0.4, 0.5) is 0 Å². The zero-order valence-corrected chi connectivity index (χ0v) is 17.1. The molecule has 3 heterocycles. The van der Waals surface area contributed by atoms with E-state index >= 15 is 0 Å². The van der Waals surface area contributed by atoms with E-state index in [0.717, 1.165) is 53.6 Å². The number of hydrogen-bond acceptors (Lipinski definition) is 6. The third-order valence-electron chi connectivity index (χ3n) is 5.95. The number of amidine groups is 1. The molecule has 9 heteroatoms. The van der Waals surface area contributed by atoms with Crippen molar-refractivity contribution in [2.45, 2.75) is 51.1 Å². The Morgan fingerprint density at radius 3 is 3.00 bits per heavy atom. The number of pyridine rings is 1. The van der Waals surface area contributed by atoms with Crippen LogP contribution in [0.3, 0.4) is 0 Å². The number of aromatic amines is 1. The number of nitriles is 1. The second kappa shape index (κ2) is 9.24. The van der Waals surface area contributed by atoms with E-state index in [1.807, 2.05) is 12.3 Å². The van der Waals surface area contributed by atoms with Gasteiger partial charge in [-0.25, -0.2) is 9.97 Å². The maximum atomic E-state index is 9.38. The van der Waals surface area contributed by atoms with Crippen molar-refractivity contribution in [1.82, 2.24) is 25.0 Å². The Morgan fingerprint density at radius 1 is 1.43 bits per heavy atom. The van der Waals surface area contributed by atoms with Gasteiger partial charge in [0.15, 0.2) is 0 Å². The average Bonchev–Trinajstić information content (AvgIpc) is 3.38. The SMILES string of the molecule is COCCC(=NCc1nc2cnc3[nH]ccc3c2n1C1CCC(CC#N)CC1)NO. The number of hydroxylamine groups is 1. The molecule has 1 saturated carbocycles. The number of ether oxygens (including phenoxy) is 1. The molecule has 0 spiro atoms. The summed E-state index contributed by atoms with van der Waals surface area (Å²) in [5.41, 5.74) is 4.94. The molecule has 0 saturated heterocycles. The number of hydrogen-bond donors (Lipinski definition) is 3. The normalized spacial score (nSPS) is 20.0. The van der Waals surface area contributed by atoms with Crippen LogP contribution in [0, 0.1) is 17.2 Å². The highest BCUT2D eigenvalue weighted by atomic mass is 16.5. The lowest BCUT2D eigenvalue weighted by Crippen LogP contribution is -2.22. The lowest BCUT2D eigenvalue weighted by molar-refractivity contribution is 0.195. The highest BCUT2D eigenvalue weighted by Crippen LogP contribution is 2.38. The number of methoxy groups -OCH3 is 1. The standard InChI is InChI=1S/C21H27N7O2/c1-30-11-8-18(27-29)24-13-19-26-17-12-25-21-16(7-10-23-21)20(17)28(19)15-4-2-14(3-5-15)6-9-22/h7,10,12,14-15,29H,2-6,8,11,13H2,1H3,(H,23,25)(H,24,27). The monoisotopic (exact) mass is 409 g/mol. The van der Waals surface area contributed by atoms with Crippen LogP contribution in [0.1, 0.15) is 50.4 Å². The molecule has 0 unspecified atom stereocenters. The van der Waals surface area contributed by atoms with Crippen molar-refractivity contribution in [2.24, 2.45) is 10.9 Å². The van der Waals surface area contributed by atoms with Crippen molar-refractivity contribution in [2.75, 3.05) is 13.7 Å². The first-order chi connectivity index (χ1) is 14.7. The zero-order valence-electron chi connectivity index (χ0n) is 17.1. The van der Waals surface area contributed by atoms with Gasteiger partial charge in [-0.15, -0.1) is 0 Å². The van der Waals surface area contributed by atoms with Crippen molar-refractivity contribution in [3.05, 3.63) is 24.3 Å². The van der Waals surface area contributed by atoms with Crippen LogP contribution in [0.5, 0.6) is 0 Å². The zero-order chi connectivity index (χ0) is 20.9. The molecular weight excluding hydrogens is 382 g/mol. The summed E-state index contributed by atoms with van der Waals surface area (Å²) in [5, 5.41) is 19.5. The first kappa shape index (κ1) is 20.3. The number of H-pyrrole nitrogens is 1. The molecule has 1 aliphatic carbocycles. The molecule has 0 bridgehead atoms. The molecule has 0 aromatic carbocycles. The molecule has 30 heavy (non-hydrogen) atoms. The minimum absolute atomic E-state index is 0.306. The summed E-state index contributed by atoms with van der Waals surface area (Å²) in [4.78, 5) is 17.0. The van der Waals surface area contributed by atoms with Crippen LogP contribution in [0.15, 0.2) is 23.5 Å². The largest absolute Gasteiger partial charge is 0.384 e. The molecular formula is C21H27N7O2. The first-order valence-electron chi connectivity index (χ1n) is 10.4. The number of aliphatic imine (C=N–C) groups is 1. The maximum absolute atomic E-state index is 9.38. The molecule has 0 radical (unpaired) electrons. The second-order valence-corrected chi connectivity index (χ2v) is 7.78. The van der Waals surface area contributed by atoms with E-state index in [1.165, 1.54) is 0 Å². The van der Waals surface area contributed by atoms with Crippen molar-refractivity contribution >= 4 is 27.9 Å². The Hall–Kier alpha value is -2.96. The molecule has 9 nitrogen and oxygen atoms in total. The van der Waals surface area contributed by atoms with E-state index in [0.29, 0.717) is 43.8 Å². The predicted octanol–water partition coefficient (Wildman–Crippen LogP) is 3.47. The molecule has 0 atom stereocenters. The van der Waals surface area contributed by atoms with E-state index in [-0.39, 0.29) is 0 Å². The van der Waals surface area contributed by atoms with E-state index in [9.17, 15) is 5.21 Å². The van der Waals surface area contributed by atoms with Gasteiger partial charge in [-0.05, 0) is 37.7 Å². The number of fused-ring (bicyclic) bond motifs is 3. The van der Waals surface area contributed by atoms with Gasteiger partial charge in [-0.3, -0.25) is 15.7 Å². The van der Waals surface area contributed by atoms with E-state index < -0.39 is 0 Å². The fraction of sp³-hybridized carbons (Fsp3) is 0.524. The molecule has 158 valence electrons. The van der Waals surface area contributed by atoms with Gasteiger partial charge in [0.25, 0.3) is 0 Å². The highest BCUT2D eigenvalue weighted by molar-refractivity contribution is 6.01. The summed E-state index contributed by atoms with van der Waals surface area (Å²) in [6, 6.07) is 4.66. The number of aromatic nitrogens is 4. The van der Waals surface area contributed by atoms with Crippen molar-refractivity contribution in [3.63, 3.8) is 0 Å². The average molecular weight is 409 g/mol. The molecule has 1 fully saturated rings. The number of nitrogens with one attached hydrogen (secondary N) is 2. The van der Waals surface area contributed by atoms with Gasteiger partial charge in [0.1, 0.15) is 22.8 Å². The van der Waals surface area contributed by atoms with Crippen molar-refractivity contribution < 1.29 is 9.94 Å². The fourth-order valence-corrected chi connectivity index (χ4v) is 4.42. The first-order valence-corrected chi connectivity index (χ1v) is 10.4. The Kier molecular flexibility index (Phi) is 6.26. The van der Waals surface area contributed by atoms with Crippen LogP contribution < -0.4 is 5.48 Å². The molecule has 0 aliphatic heterocycles. The van der Waals surface area contributed by atoms with E-state index in [1.54, 1.807) is 13.3 Å². The smallest absolute Gasteiger partial charge is 0.139 e. The Balaban J connectivity index is 1.72. The van der Waals surface area contributed by atoms with Crippen LogP contribution in [0.2, 0.25) is 0 Å². The Bertz CT molecular complexity index is 1070. The van der Waals surface area contributed by atoms with Gasteiger partial charge in [0, 0.05) is 37.6 Å². The third-order valence-corrected chi connectivity index (χ3v) is 5.95. The van der Waals surface area contributed by atoms with Gasteiger partial charge in [0.05, 0.1) is 30.9 Å². The van der Waals surface area contributed by atoms with Gasteiger partial charge >= 0.3 is 0 Å². The molecule has 3 N–H and O–H groups in total. The van der Waals surface area contributed by atoms with Crippen LogP contribution in [-0.4, -0.2) is 44.3 Å². The summed E-state index contributed by atoms with van der Waals surface area (Å²) in [6.45, 7) is 0.824. The minimum Gasteiger partial charge on any atom is -0.384 e. The van der Waals surface area contributed by atoms with Crippen LogP contribution in [0.25, 0.3) is 22.1 Å². The summed E-state index contributed by atoms with van der Waals surface area (Å²) < 4.78 is 7.39. The maximum Gasteiger partial charge on any atom is 0.139 e. The Morgan fingerprint density at radius 2 is 2.27 bits per heavy atom. The molecule has 3 aromatic heterocycles. The van der Waals surface area contributed by atoms with E-state index in [4.69, 9.17) is 15.0 Å². The summed E-state index contributed by atoms with van der Waals surface area (Å²) in [6.07, 6.45) is 8.93. The fourth-order valence-electron chi connectivity index (χ4n) is 4.42. The Labute approximate surface area is 174 Å². The highest BCUT2D eigenvalue weighted by Gasteiger charge is 2.26. The summed E-state index contributed by atoms with van der Waals surface area (Å²) in [5.74, 6) is 1.81. The lowest BCUT2D eigenvalue weighted by atomic mass is 9.84. The second-order valence-electron chi connectivity index (χ2n) is 7.78. The van der Waals surface area contributed by atoms with Gasteiger partial charge in [-0.2, -0.15) is 5.26 Å². The molecule has 4 rings (SSSR count). The third kappa shape index (κ3) is 4.01. The predicted molar refractivity (Wildman–Crippen MR) is 113 cm³/mol. The van der Waals surface area contributed by atoms with Crippen LogP contribution in [-0.2, 0) is 11.3 Å². The minimum atomic E-state index is 0.306. The lowest BCUT2D eigenvalue weighted by Gasteiger charge is -2.29. The molecule has 0 amide bonds. The summed E-state index contributed by atoms with van der Waals surface area (Å²) in [7, 11) is 1.62. The number of rotatable bonds is 7. The van der Waals surface area contributed by atoms with Gasteiger partial charge in [-0.1, -0.05) is 0 Å². The summed E-state index contributed by atoms with van der Waals surface area (Å²) >= 11 is 0. The van der Waals surface area contributed by atoms with E-state index in [2.05, 4.69) is 31.1 Å². The van der Waals surface area contributed by atoms with Crippen molar-refractivity contribution in [3.8, 4) is 6.07 Å².